The molecule has 1 aliphatic rings. The summed E-state index contributed by atoms with van der Waals surface area (Å²) in [4.78, 5) is 2.56. The highest BCUT2D eigenvalue weighted by Gasteiger charge is 2.15. The number of methoxy groups -OCH3 is 1. The molecule has 0 aliphatic carbocycles. The Bertz CT molecular complexity index is 484. The van der Waals surface area contributed by atoms with Gasteiger partial charge in [0.1, 0.15) is 0 Å². The third-order valence-corrected chi connectivity index (χ3v) is 4.16. The molecule has 1 aliphatic heterocycles. The minimum atomic E-state index is 0.740. The first-order chi connectivity index (χ1) is 10.7. The van der Waals surface area contributed by atoms with Crippen molar-refractivity contribution in [1.29, 1.82) is 0 Å². The van der Waals surface area contributed by atoms with E-state index in [4.69, 9.17) is 9.47 Å². The zero-order valence-corrected chi connectivity index (χ0v) is 14.2. The van der Waals surface area contributed by atoms with E-state index in [1.165, 1.54) is 25.9 Å². The molecule has 3 heteroatoms. The van der Waals surface area contributed by atoms with Crippen molar-refractivity contribution in [2.24, 2.45) is 5.92 Å². The van der Waals surface area contributed by atoms with Crippen molar-refractivity contribution in [2.75, 3.05) is 33.4 Å². The van der Waals surface area contributed by atoms with Gasteiger partial charge in [0.25, 0.3) is 0 Å². The fourth-order valence-corrected chi connectivity index (χ4v) is 3.06. The van der Waals surface area contributed by atoms with Crippen LogP contribution in [0.3, 0.4) is 0 Å². The molecule has 1 fully saturated rings. The maximum atomic E-state index is 5.90. The van der Waals surface area contributed by atoms with E-state index in [1.54, 1.807) is 7.11 Å². The van der Waals surface area contributed by atoms with Gasteiger partial charge in [-0.15, -0.1) is 0 Å². The molecular weight excluding hydrogens is 274 g/mol. The molecule has 0 amide bonds. The zero-order chi connectivity index (χ0) is 15.8. The van der Waals surface area contributed by atoms with Gasteiger partial charge in [0.2, 0.25) is 0 Å². The summed E-state index contributed by atoms with van der Waals surface area (Å²) in [5.74, 6) is 2.49. The Labute approximate surface area is 134 Å². The van der Waals surface area contributed by atoms with Crippen molar-refractivity contribution in [3.05, 3.63) is 29.8 Å². The van der Waals surface area contributed by atoms with Crippen LogP contribution in [0, 0.1) is 5.92 Å². The van der Waals surface area contributed by atoms with E-state index in [0.29, 0.717) is 0 Å². The predicted molar refractivity (Wildman–Crippen MR) is 92.7 cm³/mol. The second-order valence-corrected chi connectivity index (χ2v) is 6.16. The highest BCUT2D eigenvalue weighted by atomic mass is 16.5. The Kier molecular flexibility index (Phi) is 6.78. The minimum absolute atomic E-state index is 0.740. The molecule has 1 atom stereocenters. The number of nitrogens with zero attached hydrogens (tertiary/aromatic N) is 1. The van der Waals surface area contributed by atoms with Gasteiger partial charge in [-0.25, -0.2) is 0 Å². The van der Waals surface area contributed by atoms with Crippen LogP contribution >= 0.6 is 0 Å². The Balaban J connectivity index is 1.78. The number of piperidine rings is 1. The predicted octanol–water partition coefficient (Wildman–Crippen LogP) is 4.23. The first-order valence-corrected chi connectivity index (χ1v) is 8.39. The lowest BCUT2D eigenvalue weighted by molar-refractivity contribution is 0.169. The van der Waals surface area contributed by atoms with Crippen molar-refractivity contribution in [3.8, 4) is 11.5 Å². The summed E-state index contributed by atoms with van der Waals surface area (Å²) in [6.45, 7) is 8.71. The lowest BCUT2D eigenvalue weighted by Gasteiger charge is -2.30. The van der Waals surface area contributed by atoms with Crippen LogP contribution in [0.2, 0.25) is 0 Å². The second kappa shape index (κ2) is 8.84. The molecule has 1 unspecified atom stereocenters. The summed E-state index contributed by atoms with van der Waals surface area (Å²) in [7, 11) is 1.69. The molecule has 1 heterocycles. The van der Waals surface area contributed by atoms with Gasteiger partial charge >= 0.3 is 0 Å². The van der Waals surface area contributed by atoms with E-state index >= 15 is 0 Å². The Morgan fingerprint density at radius 1 is 1.32 bits per heavy atom. The summed E-state index contributed by atoms with van der Waals surface area (Å²) in [5.41, 5.74) is 1.13. The topological polar surface area (TPSA) is 21.7 Å². The van der Waals surface area contributed by atoms with E-state index in [2.05, 4.69) is 24.0 Å². The third kappa shape index (κ3) is 5.06. The number of hydrogen-bond donors (Lipinski definition) is 0. The number of allylic oxidation sites excluding steroid dienone is 1. The molecule has 0 radical (unpaired) electrons. The van der Waals surface area contributed by atoms with E-state index in [-0.39, 0.29) is 0 Å². The monoisotopic (exact) mass is 303 g/mol. The third-order valence-electron chi connectivity index (χ3n) is 4.16. The van der Waals surface area contributed by atoms with Crippen molar-refractivity contribution in [3.63, 3.8) is 0 Å². The van der Waals surface area contributed by atoms with E-state index in [9.17, 15) is 0 Å². The Morgan fingerprint density at radius 3 is 2.91 bits per heavy atom. The number of benzene rings is 1. The minimum Gasteiger partial charge on any atom is -0.493 e. The molecule has 1 saturated heterocycles. The van der Waals surface area contributed by atoms with Gasteiger partial charge in [0, 0.05) is 13.1 Å². The molecule has 0 spiro atoms. The second-order valence-electron chi connectivity index (χ2n) is 6.16. The van der Waals surface area contributed by atoms with Crippen molar-refractivity contribution in [2.45, 2.75) is 33.1 Å². The fourth-order valence-electron chi connectivity index (χ4n) is 3.06. The molecule has 1 aromatic carbocycles. The fraction of sp³-hybridized carbons (Fsp3) is 0.579. The summed E-state index contributed by atoms with van der Waals surface area (Å²) in [5, 5.41) is 0. The van der Waals surface area contributed by atoms with Crippen LogP contribution in [-0.2, 0) is 0 Å². The number of likely N-dealkylation sites (tertiary alicyclic amines) is 1. The quantitative estimate of drug-likeness (QED) is 0.704. The number of rotatable bonds is 7. The van der Waals surface area contributed by atoms with Gasteiger partial charge in [0.05, 0.1) is 13.7 Å². The molecule has 1 aromatic rings. The van der Waals surface area contributed by atoms with Crippen molar-refractivity contribution >= 4 is 6.08 Å². The van der Waals surface area contributed by atoms with Crippen LogP contribution in [0.4, 0.5) is 0 Å². The lowest BCUT2D eigenvalue weighted by Crippen LogP contribution is -2.35. The zero-order valence-electron chi connectivity index (χ0n) is 14.2. The van der Waals surface area contributed by atoms with Gasteiger partial charge in [-0.1, -0.05) is 25.1 Å². The van der Waals surface area contributed by atoms with E-state index < -0.39 is 0 Å². The highest BCUT2D eigenvalue weighted by molar-refractivity contribution is 5.55. The van der Waals surface area contributed by atoms with Crippen LogP contribution in [0.5, 0.6) is 11.5 Å². The molecule has 0 aromatic heterocycles. The smallest absolute Gasteiger partial charge is 0.161 e. The maximum absolute atomic E-state index is 5.90. The number of hydrogen-bond acceptors (Lipinski definition) is 3. The average molecular weight is 303 g/mol. The Morgan fingerprint density at radius 2 is 2.18 bits per heavy atom. The average Bonchev–Trinajstić information content (AvgIpc) is 2.53. The lowest BCUT2D eigenvalue weighted by atomic mass is 10.0. The number of ether oxygens (including phenoxy) is 2. The first-order valence-electron chi connectivity index (χ1n) is 8.39. The summed E-state index contributed by atoms with van der Waals surface area (Å²) in [6.07, 6.45) is 7.86. The molecule has 0 N–H and O–H groups in total. The molecule has 0 saturated carbocycles. The van der Waals surface area contributed by atoms with Crippen LogP contribution in [-0.4, -0.2) is 38.3 Å². The van der Waals surface area contributed by atoms with Gasteiger partial charge in [-0.3, -0.25) is 0 Å². The summed E-state index contributed by atoms with van der Waals surface area (Å²) in [6, 6.07) is 6.07. The van der Waals surface area contributed by atoms with Gasteiger partial charge in [0.15, 0.2) is 11.5 Å². The first kappa shape index (κ1) is 16.9. The summed E-state index contributed by atoms with van der Waals surface area (Å²) >= 11 is 0. The Hall–Kier alpha value is -1.48. The van der Waals surface area contributed by atoms with Crippen LogP contribution in [0.1, 0.15) is 38.7 Å². The molecule has 0 bridgehead atoms. The standard InChI is InChI=1S/C19H29NO2/c1-4-7-17-9-10-18(19(14-17)21-3)22-13-6-12-20-11-5-8-16(2)15-20/h4,7,9-10,14,16H,5-6,8,11-13,15H2,1-3H3/b7-4+. The molecule has 3 nitrogen and oxygen atoms in total. The van der Waals surface area contributed by atoms with Crippen LogP contribution < -0.4 is 9.47 Å². The van der Waals surface area contributed by atoms with Crippen LogP contribution in [0.25, 0.3) is 6.08 Å². The van der Waals surface area contributed by atoms with E-state index in [0.717, 1.165) is 42.6 Å². The maximum Gasteiger partial charge on any atom is 0.161 e. The van der Waals surface area contributed by atoms with Gasteiger partial charge in [-0.05, 0) is 56.3 Å². The molecule has 122 valence electrons. The van der Waals surface area contributed by atoms with Gasteiger partial charge < -0.3 is 14.4 Å². The van der Waals surface area contributed by atoms with Crippen LogP contribution in [0.15, 0.2) is 24.3 Å². The van der Waals surface area contributed by atoms with Crippen molar-refractivity contribution in [1.82, 2.24) is 4.90 Å². The molecular formula is C19H29NO2. The summed E-state index contributed by atoms with van der Waals surface area (Å²) < 4.78 is 11.3. The highest BCUT2D eigenvalue weighted by Crippen LogP contribution is 2.28. The molecule has 2 rings (SSSR count). The van der Waals surface area contributed by atoms with E-state index in [1.807, 2.05) is 25.1 Å². The van der Waals surface area contributed by atoms with Crippen molar-refractivity contribution < 1.29 is 9.47 Å². The molecule has 22 heavy (non-hydrogen) atoms. The SMILES string of the molecule is C/C=C/c1ccc(OCCCN2CCCC(C)C2)c(OC)c1. The largest absolute Gasteiger partial charge is 0.493 e. The van der Waals surface area contributed by atoms with Gasteiger partial charge in [-0.2, -0.15) is 0 Å². The normalized spacial score (nSPS) is 19.5.